The average Bonchev–Trinajstić information content (AvgIpc) is 2.14. The van der Waals surface area contributed by atoms with Gasteiger partial charge in [-0.1, -0.05) is 0 Å². The molecule has 1 aliphatic heterocycles. The van der Waals surface area contributed by atoms with Crippen LogP contribution < -0.4 is 5.73 Å². The number of hydrogen-bond acceptors (Lipinski definition) is 5. The molecule has 1 heterocycles. The maximum atomic E-state index is 8.16. The predicted molar refractivity (Wildman–Crippen MR) is 25.9 cm³/mol. The molecule has 8 heavy (non-hydrogen) atoms. The number of nitrogens with zero attached hydrogens (tertiary/aromatic N) is 4. The van der Waals surface area contributed by atoms with E-state index in [9.17, 15) is 0 Å². The lowest BCUT2D eigenvalue weighted by molar-refractivity contribution is 0.877. The van der Waals surface area contributed by atoms with Gasteiger partial charge in [0.05, 0.1) is 0 Å². The van der Waals surface area contributed by atoms with Gasteiger partial charge in [0, 0.05) is 0 Å². The van der Waals surface area contributed by atoms with E-state index in [0.29, 0.717) is 0 Å². The Hall–Kier alpha value is -1.28. The van der Waals surface area contributed by atoms with Crippen molar-refractivity contribution >= 4 is 5.71 Å². The van der Waals surface area contributed by atoms with Crippen molar-refractivity contribution in [2.45, 2.75) is 6.17 Å². The highest BCUT2D eigenvalue weighted by atomic mass is 15.4. The van der Waals surface area contributed by atoms with Crippen molar-refractivity contribution in [2.24, 2.45) is 21.2 Å². The minimum absolute atomic E-state index is 0.171. The van der Waals surface area contributed by atoms with Gasteiger partial charge < -0.3 is 5.73 Å². The van der Waals surface area contributed by atoms with Crippen LogP contribution in [0.25, 0.3) is 0 Å². The monoisotopic (exact) mass is 109 g/mol. The summed E-state index contributed by atoms with van der Waals surface area (Å²) in [6, 6.07) is 1.75. The lowest BCUT2D eigenvalue weighted by Gasteiger charge is -1.87. The molecule has 0 spiro atoms. The zero-order chi connectivity index (χ0) is 5.98. The van der Waals surface area contributed by atoms with E-state index in [0.717, 1.165) is 0 Å². The van der Waals surface area contributed by atoms with Crippen LogP contribution in [0.5, 0.6) is 0 Å². The quantitative estimate of drug-likeness (QED) is 0.459. The van der Waals surface area contributed by atoms with E-state index in [-0.39, 0.29) is 5.71 Å². The zero-order valence-electron chi connectivity index (χ0n) is 3.94. The smallest absolute Gasteiger partial charge is 0.182 e. The van der Waals surface area contributed by atoms with Gasteiger partial charge >= 0.3 is 0 Å². The molecule has 0 amide bonds. The molecule has 0 saturated heterocycles. The van der Waals surface area contributed by atoms with Crippen LogP contribution in [0.4, 0.5) is 0 Å². The molecule has 0 aromatic carbocycles. The van der Waals surface area contributed by atoms with Crippen molar-refractivity contribution in [3.63, 3.8) is 0 Å². The third-order valence-corrected chi connectivity index (χ3v) is 0.723. The second-order valence-corrected chi connectivity index (χ2v) is 1.25. The molecule has 0 radical (unpaired) electrons. The number of nitriles is 1. The van der Waals surface area contributed by atoms with E-state index in [1.807, 2.05) is 0 Å². The van der Waals surface area contributed by atoms with E-state index in [2.05, 4.69) is 15.4 Å². The highest BCUT2D eigenvalue weighted by molar-refractivity contribution is 6.02. The minimum atomic E-state index is -0.625. The molecule has 0 aromatic rings. The Kier molecular flexibility index (Phi) is 1.02. The summed E-state index contributed by atoms with van der Waals surface area (Å²) >= 11 is 0. The topological polar surface area (TPSA) is 86.9 Å². The van der Waals surface area contributed by atoms with E-state index in [1.54, 1.807) is 6.07 Å². The second-order valence-electron chi connectivity index (χ2n) is 1.25. The molecule has 1 aliphatic rings. The fraction of sp³-hybridized carbons (Fsp3) is 0.333. The summed E-state index contributed by atoms with van der Waals surface area (Å²) in [5, 5.41) is 18.0. The van der Waals surface area contributed by atoms with Crippen LogP contribution in [0.15, 0.2) is 15.4 Å². The van der Waals surface area contributed by atoms with Crippen molar-refractivity contribution in [3.8, 4) is 6.07 Å². The summed E-state index contributed by atoms with van der Waals surface area (Å²) in [6.45, 7) is 0. The molecule has 2 N–H and O–H groups in total. The number of rotatable bonds is 0. The summed E-state index contributed by atoms with van der Waals surface area (Å²) in [5.41, 5.74) is 5.35. The summed E-state index contributed by atoms with van der Waals surface area (Å²) < 4.78 is 0. The van der Waals surface area contributed by atoms with E-state index < -0.39 is 6.17 Å². The first-order valence-corrected chi connectivity index (χ1v) is 1.98. The van der Waals surface area contributed by atoms with Crippen molar-refractivity contribution < 1.29 is 0 Å². The van der Waals surface area contributed by atoms with Gasteiger partial charge in [-0.05, 0) is 5.22 Å². The maximum absolute atomic E-state index is 8.16. The fourth-order valence-electron chi connectivity index (χ4n) is 0.332. The third-order valence-electron chi connectivity index (χ3n) is 0.723. The Labute approximate surface area is 45.5 Å². The summed E-state index contributed by atoms with van der Waals surface area (Å²) in [4.78, 5) is 0. The van der Waals surface area contributed by atoms with Crippen LogP contribution >= 0.6 is 0 Å². The molecular formula is C3H3N5. The normalized spacial score (nSPS) is 25.0. The first kappa shape index (κ1) is 4.87. The second kappa shape index (κ2) is 1.68. The molecule has 1 rings (SSSR count). The first-order chi connectivity index (χ1) is 3.84. The molecule has 5 nitrogen and oxygen atoms in total. The van der Waals surface area contributed by atoms with Crippen LogP contribution in [-0.2, 0) is 0 Å². The van der Waals surface area contributed by atoms with Crippen molar-refractivity contribution in [1.82, 2.24) is 0 Å². The first-order valence-electron chi connectivity index (χ1n) is 1.98. The van der Waals surface area contributed by atoms with Crippen LogP contribution in [0, 0.1) is 11.3 Å². The van der Waals surface area contributed by atoms with Gasteiger partial charge in [0.1, 0.15) is 6.07 Å². The van der Waals surface area contributed by atoms with Gasteiger partial charge in [-0.3, -0.25) is 0 Å². The van der Waals surface area contributed by atoms with Crippen molar-refractivity contribution in [3.05, 3.63) is 0 Å². The van der Waals surface area contributed by atoms with Crippen LogP contribution in [0.3, 0.4) is 0 Å². The molecular weight excluding hydrogens is 106 g/mol. The third kappa shape index (κ3) is 0.568. The van der Waals surface area contributed by atoms with Gasteiger partial charge in [0.15, 0.2) is 11.9 Å². The predicted octanol–water partition coefficient (Wildman–Crippen LogP) is -0.383. The lowest BCUT2D eigenvalue weighted by Crippen LogP contribution is -2.23. The van der Waals surface area contributed by atoms with E-state index >= 15 is 0 Å². The van der Waals surface area contributed by atoms with E-state index in [1.165, 1.54) is 0 Å². The van der Waals surface area contributed by atoms with Gasteiger partial charge in [-0.15, -0.1) is 10.2 Å². The van der Waals surface area contributed by atoms with E-state index in [4.69, 9.17) is 11.0 Å². The van der Waals surface area contributed by atoms with Crippen molar-refractivity contribution in [1.29, 1.82) is 5.26 Å². The summed E-state index contributed by atoms with van der Waals surface area (Å²) in [6.07, 6.45) is -0.625. The molecule has 40 valence electrons. The molecule has 1 atom stereocenters. The van der Waals surface area contributed by atoms with Crippen LogP contribution in [-0.4, -0.2) is 11.9 Å². The largest absolute Gasteiger partial charge is 0.302 e. The molecule has 0 fully saturated rings. The van der Waals surface area contributed by atoms with Crippen LogP contribution in [0.2, 0.25) is 0 Å². The highest BCUT2D eigenvalue weighted by Crippen LogP contribution is 1.97. The standard InChI is InChI=1S/C3H3N5/c4-1-2-3(5)7-8-6-2/h3H,5H2. The summed E-state index contributed by atoms with van der Waals surface area (Å²) in [5.74, 6) is 0. The van der Waals surface area contributed by atoms with Gasteiger partial charge in [0.25, 0.3) is 0 Å². The van der Waals surface area contributed by atoms with Crippen LogP contribution in [0.1, 0.15) is 0 Å². The molecule has 5 heteroatoms. The number of nitrogens with two attached hydrogens (primary N) is 1. The Morgan fingerprint density at radius 3 is 2.75 bits per heavy atom. The van der Waals surface area contributed by atoms with Crippen molar-refractivity contribution in [2.75, 3.05) is 0 Å². The van der Waals surface area contributed by atoms with Gasteiger partial charge in [-0.25, -0.2) is 0 Å². The summed E-state index contributed by atoms with van der Waals surface area (Å²) in [7, 11) is 0. The molecule has 1 unspecified atom stereocenters. The minimum Gasteiger partial charge on any atom is -0.302 e. The fourth-order valence-corrected chi connectivity index (χ4v) is 0.332. The number of hydrogen-bond donors (Lipinski definition) is 1. The Bertz CT molecular complexity index is 184. The van der Waals surface area contributed by atoms with Gasteiger partial charge in [0.2, 0.25) is 0 Å². The molecule has 0 bridgehead atoms. The maximum Gasteiger partial charge on any atom is 0.182 e. The SMILES string of the molecule is N#CC1=NN=NC1N. The lowest BCUT2D eigenvalue weighted by atomic mass is 10.3. The molecule has 0 saturated carbocycles. The molecule has 0 aromatic heterocycles. The Morgan fingerprint density at radius 2 is 2.50 bits per heavy atom. The average molecular weight is 109 g/mol. The zero-order valence-corrected chi connectivity index (χ0v) is 3.94. The highest BCUT2D eigenvalue weighted by Gasteiger charge is 2.12. The van der Waals surface area contributed by atoms with Gasteiger partial charge in [-0.2, -0.15) is 5.26 Å². The molecule has 0 aliphatic carbocycles. The Morgan fingerprint density at radius 1 is 1.75 bits per heavy atom. The Balaban J connectivity index is 2.77.